The highest BCUT2D eigenvalue weighted by atomic mass is 32.1. The molecule has 5 rings (SSSR count). The predicted molar refractivity (Wildman–Crippen MR) is 78.7 cm³/mol. The van der Waals surface area contributed by atoms with Crippen LogP contribution in [-0.4, -0.2) is 10.5 Å². The molecule has 0 aliphatic heterocycles. The third-order valence-electron chi connectivity index (χ3n) is 5.50. The number of hydrogen-bond donors (Lipinski definition) is 1. The number of nitrogens with zero attached hydrogens (tertiary/aromatic N) is 1. The van der Waals surface area contributed by atoms with Crippen LogP contribution in [0.3, 0.4) is 0 Å². The average molecular weight is 292 g/mol. The monoisotopic (exact) mass is 292 g/mol. The van der Waals surface area contributed by atoms with Crippen molar-refractivity contribution in [3.63, 3.8) is 0 Å². The van der Waals surface area contributed by atoms with Gasteiger partial charge >= 0.3 is 5.00 Å². The molecule has 4 fully saturated rings. The molecular weight excluding hydrogens is 272 g/mol. The molecule has 1 aromatic heterocycles. The Labute approximate surface area is 122 Å². The molecule has 0 unspecified atom stereocenters. The quantitative estimate of drug-likeness (QED) is 0.680. The second-order valence-electron chi connectivity index (χ2n) is 7.05. The van der Waals surface area contributed by atoms with Gasteiger partial charge in [0.25, 0.3) is 0 Å². The molecule has 1 N–H and O–H groups in total. The fourth-order valence-corrected chi connectivity index (χ4v) is 5.92. The summed E-state index contributed by atoms with van der Waals surface area (Å²) in [4.78, 5) is 11.5. The molecular formula is C15H20N2O2S. The zero-order valence-corrected chi connectivity index (χ0v) is 12.3. The van der Waals surface area contributed by atoms with E-state index in [1.807, 2.05) is 6.07 Å². The highest BCUT2D eigenvalue weighted by Crippen LogP contribution is 2.55. The third kappa shape index (κ3) is 2.17. The topological polar surface area (TPSA) is 55.2 Å². The number of rotatable bonds is 4. The normalized spacial score (nSPS) is 38.3. The Morgan fingerprint density at radius 1 is 1.20 bits per heavy atom. The van der Waals surface area contributed by atoms with Gasteiger partial charge in [-0.2, -0.15) is 0 Å². The molecule has 4 aliphatic rings. The lowest BCUT2D eigenvalue weighted by Crippen LogP contribution is -2.58. The molecule has 0 saturated heterocycles. The van der Waals surface area contributed by atoms with Gasteiger partial charge in [-0.25, -0.2) is 0 Å². The Bertz CT molecular complexity index is 504. The summed E-state index contributed by atoms with van der Waals surface area (Å²) in [6, 6.07) is 3.53. The average Bonchev–Trinajstić information content (AvgIpc) is 2.84. The van der Waals surface area contributed by atoms with Crippen molar-refractivity contribution in [2.75, 3.05) is 0 Å². The molecule has 108 valence electrons. The summed E-state index contributed by atoms with van der Waals surface area (Å²) < 4.78 is 0. The second-order valence-corrected chi connectivity index (χ2v) is 8.20. The molecule has 0 atom stereocenters. The van der Waals surface area contributed by atoms with Crippen molar-refractivity contribution in [2.24, 2.45) is 17.8 Å². The minimum atomic E-state index is -0.293. The lowest BCUT2D eigenvalue weighted by molar-refractivity contribution is -0.380. The zero-order chi connectivity index (χ0) is 13.7. The van der Waals surface area contributed by atoms with Crippen molar-refractivity contribution in [3.05, 3.63) is 27.1 Å². The molecule has 4 saturated carbocycles. The van der Waals surface area contributed by atoms with Crippen molar-refractivity contribution in [1.29, 1.82) is 0 Å². The molecule has 4 nitrogen and oxygen atoms in total. The van der Waals surface area contributed by atoms with Crippen molar-refractivity contribution >= 4 is 16.3 Å². The van der Waals surface area contributed by atoms with Gasteiger partial charge in [0.05, 0.1) is 4.92 Å². The molecule has 20 heavy (non-hydrogen) atoms. The van der Waals surface area contributed by atoms with Crippen molar-refractivity contribution in [2.45, 2.75) is 50.6 Å². The first-order valence-corrected chi connectivity index (χ1v) is 8.42. The van der Waals surface area contributed by atoms with Crippen LogP contribution in [0.2, 0.25) is 0 Å². The van der Waals surface area contributed by atoms with Crippen LogP contribution in [0.25, 0.3) is 0 Å². The maximum atomic E-state index is 10.7. The van der Waals surface area contributed by atoms with Crippen molar-refractivity contribution in [1.82, 2.24) is 5.32 Å². The molecule has 0 radical (unpaired) electrons. The van der Waals surface area contributed by atoms with Gasteiger partial charge in [0.2, 0.25) is 0 Å². The van der Waals surface area contributed by atoms with Gasteiger partial charge in [-0.15, -0.1) is 0 Å². The summed E-state index contributed by atoms with van der Waals surface area (Å²) >= 11 is 1.31. The minimum Gasteiger partial charge on any atom is -0.306 e. The molecule has 0 spiro atoms. The molecule has 0 amide bonds. The van der Waals surface area contributed by atoms with Gasteiger partial charge in [0.15, 0.2) is 0 Å². The smallest absolute Gasteiger partial charge is 0.306 e. The van der Waals surface area contributed by atoms with Crippen LogP contribution in [0, 0.1) is 27.9 Å². The summed E-state index contributed by atoms with van der Waals surface area (Å²) in [7, 11) is 0. The summed E-state index contributed by atoms with van der Waals surface area (Å²) in [5.41, 5.74) is 0.341. The van der Waals surface area contributed by atoms with Crippen molar-refractivity contribution in [3.8, 4) is 0 Å². The van der Waals surface area contributed by atoms with E-state index < -0.39 is 0 Å². The van der Waals surface area contributed by atoms with Gasteiger partial charge in [-0.1, -0.05) is 11.3 Å². The minimum absolute atomic E-state index is 0.257. The largest absolute Gasteiger partial charge is 0.324 e. The lowest BCUT2D eigenvalue weighted by Gasteiger charge is -2.57. The van der Waals surface area contributed by atoms with Gasteiger partial charge in [0.1, 0.15) is 0 Å². The Morgan fingerprint density at radius 3 is 2.30 bits per heavy atom. The standard InChI is InChI=1S/C15H20N2O2S/c18-17(19)14-2-1-13(20-14)9-16-15-6-10-3-11(7-15)5-12(4-10)8-15/h1-2,10-12,16H,3-9H2. The van der Waals surface area contributed by atoms with E-state index in [2.05, 4.69) is 5.32 Å². The summed E-state index contributed by atoms with van der Waals surface area (Å²) in [5.74, 6) is 2.81. The highest BCUT2D eigenvalue weighted by Gasteiger charge is 2.50. The zero-order valence-electron chi connectivity index (χ0n) is 11.5. The van der Waals surface area contributed by atoms with E-state index in [1.165, 1.54) is 49.9 Å². The van der Waals surface area contributed by atoms with Crippen LogP contribution < -0.4 is 5.32 Å². The van der Waals surface area contributed by atoms with E-state index in [1.54, 1.807) is 6.07 Å². The summed E-state index contributed by atoms with van der Waals surface area (Å²) in [5, 5.41) is 14.8. The number of nitrogens with one attached hydrogen (secondary N) is 1. The van der Waals surface area contributed by atoms with Crippen LogP contribution in [0.4, 0.5) is 5.00 Å². The van der Waals surface area contributed by atoms with Crippen molar-refractivity contribution < 1.29 is 4.92 Å². The molecule has 4 bridgehead atoms. The van der Waals surface area contributed by atoms with Gasteiger partial charge in [0, 0.05) is 23.0 Å². The van der Waals surface area contributed by atoms with E-state index >= 15 is 0 Å². The summed E-state index contributed by atoms with van der Waals surface area (Å²) in [6.45, 7) is 0.796. The van der Waals surface area contributed by atoms with E-state index in [4.69, 9.17) is 0 Å². The maximum Gasteiger partial charge on any atom is 0.324 e. The lowest BCUT2D eigenvalue weighted by atomic mass is 9.53. The van der Waals surface area contributed by atoms with E-state index in [9.17, 15) is 10.1 Å². The van der Waals surface area contributed by atoms with Crippen LogP contribution in [0.15, 0.2) is 12.1 Å². The van der Waals surface area contributed by atoms with E-state index in [0.717, 1.165) is 29.2 Å². The maximum absolute atomic E-state index is 10.7. The predicted octanol–water partition coefficient (Wildman–Crippen LogP) is 3.71. The Hall–Kier alpha value is -0.940. The third-order valence-corrected chi connectivity index (χ3v) is 6.54. The highest BCUT2D eigenvalue weighted by molar-refractivity contribution is 7.15. The van der Waals surface area contributed by atoms with Gasteiger partial charge in [-0.3, -0.25) is 10.1 Å². The Kier molecular flexibility index (Phi) is 2.89. The SMILES string of the molecule is O=[N+]([O-])c1ccc(CNC23CC4CC(CC(C4)C2)C3)s1. The molecule has 1 aromatic rings. The Balaban J connectivity index is 1.45. The molecule has 0 aromatic carbocycles. The Morgan fingerprint density at radius 2 is 1.80 bits per heavy atom. The van der Waals surface area contributed by atoms with Crippen LogP contribution in [0.1, 0.15) is 43.4 Å². The van der Waals surface area contributed by atoms with Gasteiger partial charge < -0.3 is 5.32 Å². The number of hydrogen-bond acceptors (Lipinski definition) is 4. The van der Waals surface area contributed by atoms with Crippen LogP contribution >= 0.6 is 11.3 Å². The van der Waals surface area contributed by atoms with Crippen LogP contribution in [0.5, 0.6) is 0 Å². The number of nitro groups is 1. The summed E-state index contributed by atoms with van der Waals surface area (Å²) in [6.07, 6.45) is 8.33. The first-order valence-electron chi connectivity index (χ1n) is 7.60. The van der Waals surface area contributed by atoms with Crippen LogP contribution in [-0.2, 0) is 6.54 Å². The first kappa shape index (κ1) is 12.8. The van der Waals surface area contributed by atoms with E-state index in [0.29, 0.717) is 5.54 Å². The fraction of sp³-hybridized carbons (Fsp3) is 0.733. The second kappa shape index (κ2) is 4.53. The molecule has 5 heteroatoms. The molecule has 1 heterocycles. The molecule has 4 aliphatic carbocycles. The first-order chi connectivity index (χ1) is 9.62. The number of thiophene rings is 1. The van der Waals surface area contributed by atoms with Gasteiger partial charge in [-0.05, 0) is 62.3 Å². The van der Waals surface area contributed by atoms with E-state index in [-0.39, 0.29) is 9.92 Å². The fourth-order valence-electron chi connectivity index (χ4n) is 5.16.